The van der Waals surface area contributed by atoms with Crippen molar-refractivity contribution in [3.8, 4) is 17.0 Å². The third-order valence-corrected chi connectivity index (χ3v) is 3.06. The lowest BCUT2D eigenvalue weighted by Crippen LogP contribution is -2.34. The van der Waals surface area contributed by atoms with Crippen LogP contribution in [0, 0.1) is 0 Å². The highest BCUT2D eigenvalue weighted by molar-refractivity contribution is 5.98. The van der Waals surface area contributed by atoms with Crippen LogP contribution in [0.3, 0.4) is 0 Å². The van der Waals surface area contributed by atoms with Gasteiger partial charge in [-0.1, -0.05) is 0 Å². The zero-order valence-corrected chi connectivity index (χ0v) is 10.4. The van der Waals surface area contributed by atoms with E-state index < -0.39 is 6.10 Å². The second-order valence-electron chi connectivity index (χ2n) is 4.44. The number of aromatic nitrogens is 2. The molecule has 0 fully saturated rings. The number of carbonyl (C=O) groups is 1. The maximum Gasteiger partial charge on any atom is 0.265 e. The molecule has 1 aromatic carbocycles. The first-order chi connectivity index (χ1) is 9.17. The highest BCUT2D eigenvalue weighted by atomic mass is 16.5. The van der Waals surface area contributed by atoms with Gasteiger partial charge in [0.1, 0.15) is 5.75 Å². The summed E-state index contributed by atoms with van der Waals surface area (Å²) in [5.41, 5.74) is 8.75. The maximum atomic E-state index is 11.6. The Hall–Kier alpha value is -2.34. The summed E-state index contributed by atoms with van der Waals surface area (Å²) in [5, 5.41) is 9.85. The molecule has 0 bridgehead atoms. The van der Waals surface area contributed by atoms with Crippen LogP contribution in [0.1, 0.15) is 12.6 Å². The van der Waals surface area contributed by atoms with Crippen LogP contribution in [0.4, 0.5) is 5.69 Å². The Morgan fingerprint density at radius 1 is 1.42 bits per heavy atom. The summed E-state index contributed by atoms with van der Waals surface area (Å²) >= 11 is 0. The third-order valence-electron chi connectivity index (χ3n) is 3.06. The van der Waals surface area contributed by atoms with Gasteiger partial charge in [0, 0.05) is 17.8 Å². The summed E-state index contributed by atoms with van der Waals surface area (Å²) in [6, 6.07) is 7.46. The quantitative estimate of drug-likeness (QED) is 0.755. The van der Waals surface area contributed by atoms with Gasteiger partial charge < -0.3 is 15.8 Å². The minimum atomic E-state index is -0.465. The van der Waals surface area contributed by atoms with Crippen molar-refractivity contribution >= 4 is 11.6 Å². The molecule has 2 heterocycles. The molecule has 6 heteroatoms. The molecule has 0 spiro atoms. The maximum absolute atomic E-state index is 11.6. The average molecular weight is 258 g/mol. The van der Waals surface area contributed by atoms with Crippen molar-refractivity contribution in [2.24, 2.45) is 5.73 Å². The molecule has 1 aliphatic rings. The summed E-state index contributed by atoms with van der Waals surface area (Å²) in [6.45, 7) is 2.13. The minimum absolute atomic E-state index is 0.144. The van der Waals surface area contributed by atoms with Crippen LogP contribution in [-0.4, -0.2) is 22.2 Å². The van der Waals surface area contributed by atoms with Crippen molar-refractivity contribution in [1.29, 1.82) is 0 Å². The highest BCUT2D eigenvalue weighted by Crippen LogP contribution is 2.33. The van der Waals surface area contributed by atoms with Crippen molar-refractivity contribution in [3.05, 3.63) is 30.0 Å². The Bertz CT molecular complexity index is 635. The molecule has 1 amide bonds. The molecular weight excluding hydrogens is 244 g/mol. The van der Waals surface area contributed by atoms with E-state index in [-0.39, 0.29) is 5.91 Å². The molecule has 0 aliphatic carbocycles. The number of hydrogen-bond acceptors (Lipinski definition) is 4. The Kier molecular flexibility index (Phi) is 2.72. The lowest BCUT2D eigenvalue weighted by molar-refractivity contribution is -0.122. The van der Waals surface area contributed by atoms with E-state index in [1.54, 1.807) is 6.92 Å². The van der Waals surface area contributed by atoms with Gasteiger partial charge in [-0.2, -0.15) is 5.10 Å². The fourth-order valence-corrected chi connectivity index (χ4v) is 1.98. The molecule has 1 atom stereocenters. The first-order valence-electron chi connectivity index (χ1n) is 6.03. The Morgan fingerprint density at radius 2 is 2.26 bits per heavy atom. The van der Waals surface area contributed by atoms with Gasteiger partial charge >= 0.3 is 0 Å². The molecule has 0 saturated carbocycles. The molecule has 6 nitrogen and oxygen atoms in total. The van der Waals surface area contributed by atoms with Crippen LogP contribution in [0.15, 0.2) is 24.3 Å². The number of nitrogens with zero attached hydrogens (tertiary/aromatic N) is 1. The van der Waals surface area contributed by atoms with E-state index in [4.69, 9.17) is 10.5 Å². The number of anilines is 1. The van der Waals surface area contributed by atoms with Crippen LogP contribution in [0.2, 0.25) is 0 Å². The molecule has 1 aliphatic heterocycles. The van der Waals surface area contributed by atoms with Crippen molar-refractivity contribution in [2.45, 2.75) is 19.6 Å². The summed E-state index contributed by atoms with van der Waals surface area (Å²) < 4.78 is 5.50. The number of nitrogens with one attached hydrogen (secondary N) is 2. The standard InChI is InChI=1S/C13H14N4O2/c1-7-13(18)15-11-4-8(2-3-12(11)19-7)10-5-9(6-14)16-17-10/h2-5,7H,6,14H2,1H3,(H,15,18)(H,16,17). The molecule has 0 saturated heterocycles. The zero-order valence-electron chi connectivity index (χ0n) is 10.4. The fraction of sp³-hybridized carbons (Fsp3) is 0.231. The monoisotopic (exact) mass is 258 g/mol. The summed E-state index contributed by atoms with van der Waals surface area (Å²) in [6.07, 6.45) is -0.465. The number of carbonyl (C=O) groups excluding carboxylic acids is 1. The number of rotatable bonds is 2. The number of hydrogen-bond donors (Lipinski definition) is 3. The van der Waals surface area contributed by atoms with Gasteiger partial charge in [0.2, 0.25) is 0 Å². The number of ether oxygens (including phenoxy) is 1. The number of benzene rings is 1. The molecule has 2 aromatic rings. The summed E-state index contributed by atoms with van der Waals surface area (Å²) in [4.78, 5) is 11.6. The van der Waals surface area contributed by atoms with Gasteiger partial charge in [0.25, 0.3) is 5.91 Å². The van der Waals surface area contributed by atoms with Crippen LogP contribution >= 0.6 is 0 Å². The SMILES string of the molecule is CC1Oc2ccc(-c3cc(CN)[nH]n3)cc2NC1=O. The number of nitrogens with two attached hydrogens (primary N) is 1. The van der Waals surface area contributed by atoms with Crippen molar-refractivity contribution in [1.82, 2.24) is 10.2 Å². The van der Waals surface area contributed by atoms with Crippen molar-refractivity contribution < 1.29 is 9.53 Å². The van der Waals surface area contributed by atoms with Gasteiger partial charge in [-0.25, -0.2) is 0 Å². The van der Waals surface area contributed by atoms with Crippen LogP contribution in [0.5, 0.6) is 5.75 Å². The molecular formula is C13H14N4O2. The van der Waals surface area contributed by atoms with Gasteiger partial charge in [0.05, 0.1) is 11.4 Å². The van der Waals surface area contributed by atoms with Crippen LogP contribution < -0.4 is 15.8 Å². The first kappa shape index (κ1) is 11.7. The Balaban J connectivity index is 1.97. The van der Waals surface area contributed by atoms with Crippen LogP contribution in [-0.2, 0) is 11.3 Å². The zero-order chi connectivity index (χ0) is 13.4. The molecule has 1 unspecified atom stereocenters. The Morgan fingerprint density at radius 3 is 3.00 bits per heavy atom. The van der Waals surface area contributed by atoms with E-state index in [2.05, 4.69) is 15.5 Å². The topological polar surface area (TPSA) is 93.0 Å². The van der Waals surface area contributed by atoms with Gasteiger partial charge in [-0.3, -0.25) is 9.89 Å². The van der Waals surface area contributed by atoms with E-state index in [1.807, 2.05) is 24.3 Å². The fourth-order valence-electron chi connectivity index (χ4n) is 1.98. The first-order valence-corrected chi connectivity index (χ1v) is 6.03. The summed E-state index contributed by atoms with van der Waals surface area (Å²) in [5.74, 6) is 0.528. The second-order valence-corrected chi connectivity index (χ2v) is 4.44. The van der Waals surface area contributed by atoms with Gasteiger partial charge in [0.15, 0.2) is 6.10 Å². The number of H-pyrrole nitrogens is 1. The number of amides is 1. The normalized spacial score (nSPS) is 17.6. The highest BCUT2D eigenvalue weighted by Gasteiger charge is 2.23. The van der Waals surface area contributed by atoms with Gasteiger partial charge in [-0.05, 0) is 31.2 Å². The average Bonchev–Trinajstić information content (AvgIpc) is 2.88. The molecule has 1 aromatic heterocycles. The van der Waals surface area contributed by atoms with E-state index >= 15 is 0 Å². The van der Waals surface area contributed by atoms with E-state index in [1.165, 1.54) is 0 Å². The second kappa shape index (κ2) is 4.40. The molecule has 4 N–H and O–H groups in total. The smallest absolute Gasteiger partial charge is 0.265 e. The lowest BCUT2D eigenvalue weighted by Gasteiger charge is -2.23. The largest absolute Gasteiger partial charge is 0.479 e. The van der Waals surface area contributed by atoms with Crippen molar-refractivity contribution in [3.63, 3.8) is 0 Å². The predicted molar refractivity (Wildman–Crippen MR) is 70.6 cm³/mol. The molecule has 0 radical (unpaired) electrons. The predicted octanol–water partition coefficient (Wildman–Crippen LogP) is 1.25. The minimum Gasteiger partial charge on any atom is -0.479 e. The lowest BCUT2D eigenvalue weighted by atomic mass is 10.1. The van der Waals surface area contributed by atoms with E-state index in [9.17, 15) is 4.79 Å². The van der Waals surface area contributed by atoms with Crippen LogP contribution in [0.25, 0.3) is 11.3 Å². The number of aromatic amines is 1. The molecule has 3 rings (SSSR count). The summed E-state index contributed by atoms with van der Waals surface area (Å²) in [7, 11) is 0. The molecule has 98 valence electrons. The van der Waals surface area contributed by atoms with E-state index in [0.29, 0.717) is 18.0 Å². The molecule has 19 heavy (non-hydrogen) atoms. The van der Waals surface area contributed by atoms with Gasteiger partial charge in [-0.15, -0.1) is 0 Å². The Labute approximate surface area is 110 Å². The van der Waals surface area contributed by atoms with E-state index in [0.717, 1.165) is 17.0 Å². The van der Waals surface area contributed by atoms with Crippen molar-refractivity contribution in [2.75, 3.05) is 5.32 Å². The third kappa shape index (κ3) is 2.06. The number of fused-ring (bicyclic) bond motifs is 1.